The van der Waals surface area contributed by atoms with Crippen molar-refractivity contribution in [2.45, 2.75) is 13.5 Å². The molecule has 2 heterocycles. The second-order valence-corrected chi connectivity index (χ2v) is 5.41. The molecule has 0 N–H and O–H groups in total. The fourth-order valence-electron chi connectivity index (χ4n) is 2.74. The molecule has 0 amide bonds. The minimum absolute atomic E-state index is 0.774. The van der Waals surface area contributed by atoms with Gasteiger partial charge in [-0.05, 0) is 36.8 Å². The molecule has 0 unspecified atom stereocenters. The van der Waals surface area contributed by atoms with Crippen LogP contribution in [0.1, 0.15) is 11.3 Å². The third kappa shape index (κ3) is 2.21. The van der Waals surface area contributed by atoms with E-state index in [0.29, 0.717) is 0 Å². The van der Waals surface area contributed by atoms with E-state index < -0.39 is 0 Å². The molecule has 0 fully saturated rings. The highest BCUT2D eigenvalue weighted by Gasteiger charge is 2.15. The van der Waals surface area contributed by atoms with E-state index in [1.807, 2.05) is 43.3 Å². The summed E-state index contributed by atoms with van der Waals surface area (Å²) >= 11 is 0. The van der Waals surface area contributed by atoms with Gasteiger partial charge in [0.25, 0.3) is 0 Å². The lowest BCUT2D eigenvalue weighted by Crippen LogP contribution is -2.01. The van der Waals surface area contributed by atoms with Crippen molar-refractivity contribution in [2.24, 2.45) is 0 Å². The van der Waals surface area contributed by atoms with Gasteiger partial charge in [-0.15, -0.1) is 0 Å². The molecular weight excluding hydrogens is 272 g/mol. The van der Waals surface area contributed by atoms with Crippen LogP contribution in [0.5, 0.6) is 0 Å². The molecule has 3 heteroatoms. The maximum Gasteiger partial charge on any atom is 0.177 e. The molecule has 3 nitrogen and oxygen atoms in total. The zero-order chi connectivity index (χ0) is 14.9. The lowest BCUT2D eigenvalue weighted by molar-refractivity contribution is 0.540. The summed E-state index contributed by atoms with van der Waals surface area (Å²) < 4.78 is 8.01. The fraction of sp³-hybridized carbons (Fsp3) is 0.105. The van der Waals surface area contributed by atoms with Crippen molar-refractivity contribution in [1.82, 2.24) is 9.55 Å². The standard InChI is InChI=1S/C19H16N2O/c1-14-11-12-18(22-14)19-20-16-9-5-6-10-17(16)21(19)13-15-7-3-2-4-8-15/h2-12H,13H2,1H3. The summed E-state index contributed by atoms with van der Waals surface area (Å²) in [5, 5.41) is 0. The summed E-state index contributed by atoms with van der Waals surface area (Å²) in [4.78, 5) is 4.76. The van der Waals surface area contributed by atoms with E-state index in [-0.39, 0.29) is 0 Å². The number of para-hydroxylation sites is 2. The maximum atomic E-state index is 5.79. The van der Waals surface area contributed by atoms with Crippen LogP contribution in [0.15, 0.2) is 71.1 Å². The maximum absolute atomic E-state index is 5.79. The average molecular weight is 288 g/mol. The van der Waals surface area contributed by atoms with Crippen LogP contribution in [0.25, 0.3) is 22.6 Å². The van der Waals surface area contributed by atoms with Crippen LogP contribution in [-0.4, -0.2) is 9.55 Å². The van der Waals surface area contributed by atoms with E-state index >= 15 is 0 Å². The van der Waals surface area contributed by atoms with Gasteiger partial charge in [0.15, 0.2) is 11.6 Å². The molecule has 0 spiro atoms. The largest absolute Gasteiger partial charge is 0.458 e. The first kappa shape index (κ1) is 12.9. The number of aromatic nitrogens is 2. The van der Waals surface area contributed by atoms with Gasteiger partial charge in [0.05, 0.1) is 11.0 Å². The van der Waals surface area contributed by atoms with Gasteiger partial charge in [-0.25, -0.2) is 4.98 Å². The normalized spacial score (nSPS) is 11.1. The Bertz CT molecular complexity index is 919. The average Bonchev–Trinajstić information content (AvgIpc) is 3.13. The van der Waals surface area contributed by atoms with Crippen LogP contribution in [0, 0.1) is 6.92 Å². The first-order valence-corrected chi connectivity index (χ1v) is 7.37. The van der Waals surface area contributed by atoms with E-state index in [1.165, 1.54) is 5.56 Å². The predicted molar refractivity (Wildman–Crippen MR) is 87.7 cm³/mol. The summed E-state index contributed by atoms with van der Waals surface area (Å²) in [7, 11) is 0. The first-order chi connectivity index (χ1) is 10.8. The Balaban J connectivity index is 1.90. The third-order valence-electron chi connectivity index (χ3n) is 3.80. The summed E-state index contributed by atoms with van der Waals surface area (Å²) in [6.45, 7) is 2.73. The molecule has 0 saturated carbocycles. The Labute approximate surface area is 128 Å². The fourth-order valence-corrected chi connectivity index (χ4v) is 2.74. The quantitative estimate of drug-likeness (QED) is 0.549. The van der Waals surface area contributed by atoms with E-state index in [2.05, 4.69) is 34.9 Å². The molecule has 2 aromatic heterocycles. The number of nitrogens with zero attached hydrogens (tertiary/aromatic N) is 2. The molecule has 0 aliphatic heterocycles. The lowest BCUT2D eigenvalue weighted by atomic mass is 10.2. The number of benzene rings is 2. The highest BCUT2D eigenvalue weighted by molar-refractivity contribution is 5.79. The molecule has 0 aliphatic carbocycles. The highest BCUT2D eigenvalue weighted by atomic mass is 16.3. The molecule has 22 heavy (non-hydrogen) atoms. The zero-order valence-corrected chi connectivity index (χ0v) is 12.4. The van der Waals surface area contributed by atoms with Crippen molar-refractivity contribution in [3.8, 4) is 11.6 Å². The molecule has 0 radical (unpaired) electrons. The van der Waals surface area contributed by atoms with Gasteiger partial charge in [-0.2, -0.15) is 0 Å². The summed E-state index contributed by atoms with van der Waals surface area (Å²) in [6, 6.07) is 22.6. The number of imidazole rings is 1. The lowest BCUT2D eigenvalue weighted by Gasteiger charge is -2.08. The van der Waals surface area contributed by atoms with Gasteiger partial charge in [-0.1, -0.05) is 42.5 Å². The Morgan fingerprint density at radius 3 is 2.45 bits per heavy atom. The number of furan rings is 1. The van der Waals surface area contributed by atoms with Crippen LogP contribution in [0.3, 0.4) is 0 Å². The van der Waals surface area contributed by atoms with Gasteiger partial charge < -0.3 is 8.98 Å². The second kappa shape index (κ2) is 5.19. The van der Waals surface area contributed by atoms with E-state index in [0.717, 1.165) is 34.9 Å². The highest BCUT2D eigenvalue weighted by Crippen LogP contribution is 2.27. The van der Waals surface area contributed by atoms with Gasteiger partial charge in [0.1, 0.15) is 5.76 Å². The molecule has 108 valence electrons. The minimum atomic E-state index is 0.774. The van der Waals surface area contributed by atoms with Crippen molar-refractivity contribution < 1.29 is 4.42 Å². The smallest absolute Gasteiger partial charge is 0.177 e. The number of fused-ring (bicyclic) bond motifs is 1. The Morgan fingerprint density at radius 2 is 1.68 bits per heavy atom. The van der Waals surface area contributed by atoms with Crippen molar-refractivity contribution >= 4 is 11.0 Å². The Morgan fingerprint density at radius 1 is 0.909 bits per heavy atom. The van der Waals surface area contributed by atoms with E-state index in [1.54, 1.807) is 0 Å². The van der Waals surface area contributed by atoms with Crippen molar-refractivity contribution in [1.29, 1.82) is 0 Å². The molecule has 0 aliphatic rings. The molecule has 0 bridgehead atoms. The monoisotopic (exact) mass is 288 g/mol. The van der Waals surface area contributed by atoms with Crippen LogP contribution in [-0.2, 0) is 6.54 Å². The zero-order valence-electron chi connectivity index (χ0n) is 12.4. The van der Waals surface area contributed by atoms with Gasteiger partial charge in [-0.3, -0.25) is 0 Å². The number of rotatable bonds is 3. The van der Waals surface area contributed by atoms with Crippen LogP contribution in [0.2, 0.25) is 0 Å². The van der Waals surface area contributed by atoms with Crippen LogP contribution < -0.4 is 0 Å². The van der Waals surface area contributed by atoms with Crippen LogP contribution >= 0.6 is 0 Å². The first-order valence-electron chi connectivity index (χ1n) is 7.37. The molecule has 4 aromatic rings. The minimum Gasteiger partial charge on any atom is -0.458 e. The summed E-state index contributed by atoms with van der Waals surface area (Å²) in [6.07, 6.45) is 0. The second-order valence-electron chi connectivity index (χ2n) is 5.41. The SMILES string of the molecule is Cc1ccc(-c2nc3ccccc3n2Cc2ccccc2)o1. The number of hydrogen-bond donors (Lipinski definition) is 0. The molecular formula is C19H16N2O. The topological polar surface area (TPSA) is 31.0 Å². The molecule has 4 rings (SSSR count). The Kier molecular flexibility index (Phi) is 3.04. The van der Waals surface area contributed by atoms with Gasteiger partial charge in [0, 0.05) is 6.54 Å². The van der Waals surface area contributed by atoms with Crippen molar-refractivity contribution in [3.05, 3.63) is 78.1 Å². The van der Waals surface area contributed by atoms with Gasteiger partial charge in [0.2, 0.25) is 0 Å². The Hall–Kier alpha value is -2.81. The van der Waals surface area contributed by atoms with Crippen LogP contribution in [0.4, 0.5) is 0 Å². The van der Waals surface area contributed by atoms with E-state index in [4.69, 9.17) is 9.40 Å². The summed E-state index contributed by atoms with van der Waals surface area (Å²) in [5.74, 6) is 2.58. The van der Waals surface area contributed by atoms with Crippen molar-refractivity contribution in [2.75, 3.05) is 0 Å². The third-order valence-corrected chi connectivity index (χ3v) is 3.80. The number of hydrogen-bond acceptors (Lipinski definition) is 2. The molecule has 0 saturated heterocycles. The van der Waals surface area contributed by atoms with Crippen molar-refractivity contribution in [3.63, 3.8) is 0 Å². The number of aryl methyl sites for hydroxylation is 1. The predicted octanol–water partition coefficient (Wildman–Crippen LogP) is 4.65. The molecule has 2 aromatic carbocycles. The van der Waals surface area contributed by atoms with E-state index in [9.17, 15) is 0 Å². The molecule has 0 atom stereocenters. The van der Waals surface area contributed by atoms with Gasteiger partial charge >= 0.3 is 0 Å². The summed E-state index contributed by atoms with van der Waals surface area (Å²) in [5.41, 5.74) is 3.35.